The van der Waals surface area contributed by atoms with E-state index in [-0.39, 0.29) is 0 Å². The maximum Gasteiger partial charge on any atom is 0.224 e. The molecule has 1 aliphatic rings. The normalized spacial score (nSPS) is 21.8. The Balaban J connectivity index is 1.95. The topological polar surface area (TPSA) is 37.8 Å². The Kier molecular flexibility index (Phi) is 2.61. The fraction of sp³-hybridized carbons (Fsp3) is 0.667. The summed E-state index contributed by atoms with van der Waals surface area (Å²) in [5, 5.41) is 3.61. The Morgan fingerprint density at radius 2 is 1.94 bits per heavy atom. The van der Waals surface area contributed by atoms with Crippen molar-refractivity contribution in [2.24, 2.45) is 16.7 Å². The van der Waals surface area contributed by atoms with Gasteiger partial charge in [-0.3, -0.25) is 0 Å². The molecule has 1 saturated carbocycles. The largest absolute Gasteiger partial charge is 0.370 e. The maximum atomic E-state index is 5.73. The summed E-state index contributed by atoms with van der Waals surface area (Å²) in [5.74, 6) is 1.48. The summed E-state index contributed by atoms with van der Waals surface area (Å²) in [6, 6.07) is 1.84. The van der Waals surface area contributed by atoms with Gasteiger partial charge in [0.15, 0.2) is 0 Å². The highest BCUT2D eigenvalue weighted by atomic mass is 35.5. The minimum atomic E-state index is 0.291. The predicted molar refractivity (Wildman–Crippen MR) is 66.6 cm³/mol. The van der Waals surface area contributed by atoms with Crippen LogP contribution in [0.3, 0.4) is 0 Å². The second-order valence-electron chi connectivity index (χ2n) is 5.59. The van der Waals surface area contributed by atoms with Crippen LogP contribution in [0.5, 0.6) is 0 Å². The van der Waals surface area contributed by atoms with Crippen molar-refractivity contribution in [1.29, 1.82) is 0 Å². The fourth-order valence-corrected chi connectivity index (χ4v) is 2.63. The first kappa shape index (κ1) is 11.6. The molecule has 1 N–H and O–H groups in total. The van der Waals surface area contributed by atoms with Crippen LogP contribution >= 0.6 is 11.6 Å². The van der Waals surface area contributed by atoms with E-state index >= 15 is 0 Å². The van der Waals surface area contributed by atoms with Gasteiger partial charge in [0.1, 0.15) is 5.82 Å². The van der Waals surface area contributed by atoms with E-state index in [1.165, 1.54) is 0 Å². The molecule has 16 heavy (non-hydrogen) atoms. The van der Waals surface area contributed by atoms with E-state index in [1.807, 2.05) is 6.07 Å². The van der Waals surface area contributed by atoms with E-state index in [2.05, 4.69) is 43.0 Å². The number of rotatable bonds is 3. The van der Waals surface area contributed by atoms with E-state index in [9.17, 15) is 0 Å². The monoisotopic (exact) mass is 239 g/mol. The summed E-state index contributed by atoms with van der Waals surface area (Å²) < 4.78 is 0. The lowest BCUT2D eigenvalue weighted by Gasteiger charge is -2.06. The van der Waals surface area contributed by atoms with Crippen LogP contribution in [-0.4, -0.2) is 16.5 Å². The first-order valence-electron chi connectivity index (χ1n) is 5.58. The van der Waals surface area contributed by atoms with Gasteiger partial charge in [-0.15, -0.1) is 0 Å². The van der Waals surface area contributed by atoms with Crippen molar-refractivity contribution < 1.29 is 0 Å². The van der Waals surface area contributed by atoms with Gasteiger partial charge in [-0.1, -0.05) is 27.7 Å². The van der Waals surface area contributed by atoms with Gasteiger partial charge in [0.25, 0.3) is 0 Å². The minimum Gasteiger partial charge on any atom is -0.370 e. The van der Waals surface area contributed by atoms with Gasteiger partial charge in [0.05, 0.1) is 0 Å². The number of halogens is 1. The molecular formula is C12H18ClN3. The summed E-state index contributed by atoms with van der Waals surface area (Å²) in [6.45, 7) is 10.2. The van der Waals surface area contributed by atoms with Crippen molar-refractivity contribution in [1.82, 2.24) is 9.97 Å². The van der Waals surface area contributed by atoms with E-state index in [0.717, 1.165) is 12.4 Å². The molecule has 0 aliphatic heterocycles. The zero-order valence-electron chi connectivity index (χ0n) is 10.2. The van der Waals surface area contributed by atoms with Gasteiger partial charge in [-0.2, -0.15) is 0 Å². The average Bonchev–Trinajstić information content (AvgIpc) is 2.55. The lowest BCUT2D eigenvalue weighted by Crippen LogP contribution is -2.09. The van der Waals surface area contributed by atoms with Gasteiger partial charge in [0.2, 0.25) is 5.28 Å². The number of hydrogen-bond donors (Lipinski definition) is 1. The zero-order valence-corrected chi connectivity index (χ0v) is 11.0. The molecule has 0 radical (unpaired) electrons. The average molecular weight is 240 g/mol. The second kappa shape index (κ2) is 3.59. The lowest BCUT2D eigenvalue weighted by atomic mass is 10.0. The SMILES string of the molecule is CC1(C)C(CNc2ccnc(Cl)n2)C1(C)C. The van der Waals surface area contributed by atoms with Crippen molar-refractivity contribution >= 4 is 17.4 Å². The van der Waals surface area contributed by atoms with Gasteiger partial charge in [-0.25, -0.2) is 9.97 Å². The third-order valence-electron chi connectivity index (χ3n) is 4.43. The van der Waals surface area contributed by atoms with Gasteiger partial charge >= 0.3 is 0 Å². The van der Waals surface area contributed by atoms with Gasteiger partial charge < -0.3 is 5.32 Å². The highest BCUT2D eigenvalue weighted by molar-refractivity contribution is 6.28. The summed E-state index contributed by atoms with van der Waals surface area (Å²) in [4.78, 5) is 7.97. The highest BCUT2D eigenvalue weighted by Crippen LogP contribution is 2.68. The summed E-state index contributed by atoms with van der Waals surface area (Å²) in [5.41, 5.74) is 0.799. The standard InChI is InChI=1S/C12H18ClN3/c1-11(2)8(12(11,3)4)7-15-9-5-6-14-10(13)16-9/h5-6,8H,7H2,1-4H3,(H,14,15,16). The van der Waals surface area contributed by atoms with Crippen molar-refractivity contribution in [2.45, 2.75) is 27.7 Å². The van der Waals surface area contributed by atoms with Gasteiger partial charge in [-0.05, 0) is 34.4 Å². The van der Waals surface area contributed by atoms with Crippen molar-refractivity contribution in [3.8, 4) is 0 Å². The summed E-state index contributed by atoms with van der Waals surface area (Å²) >= 11 is 5.73. The molecule has 0 bridgehead atoms. The molecule has 0 saturated heterocycles. The van der Waals surface area contributed by atoms with Crippen molar-refractivity contribution in [3.05, 3.63) is 17.5 Å². The summed E-state index contributed by atoms with van der Waals surface area (Å²) in [6.07, 6.45) is 1.67. The molecule has 3 nitrogen and oxygen atoms in total. The number of nitrogens with one attached hydrogen (secondary N) is 1. The maximum absolute atomic E-state index is 5.73. The second-order valence-corrected chi connectivity index (χ2v) is 5.93. The zero-order chi connectivity index (χ0) is 12.0. The van der Waals surface area contributed by atoms with Gasteiger partial charge in [0, 0.05) is 12.7 Å². The smallest absolute Gasteiger partial charge is 0.224 e. The van der Waals surface area contributed by atoms with E-state index < -0.39 is 0 Å². The molecule has 1 heterocycles. The van der Waals surface area contributed by atoms with E-state index in [4.69, 9.17) is 11.6 Å². The molecule has 88 valence electrons. The first-order valence-corrected chi connectivity index (χ1v) is 5.96. The molecule has 4 heteroatoms. The molecule has 1 aromatic rings. The molecule has 0 aromatic carbocycles. The van der Waals surface area contributed by atoms with Crippen LogP contribution in [-0.2, 0) is 0 Å². The fourth-order valence-electron chi connectivity index (χ4n) is 2.48. The van der Waals surface area contributed by atoms with Crippen LogP contribution in [0, 0.1) is 16.7 Å². The molecule has 0 spiro atoms. The van der Waals surface area contributed by atoms with Crippen molar-refractivity contribution in [2.75, 3.05) is 11.9 Å². The Morgan fingerprint density at radius 1 is 1.31 bits per heavy atom. The first-order chi connectivity index (χ1) is 7.35. The molecule has 0 unspecified atom stereocenters. The molecule has 1 aliphatic carbocycles. The Bertz CT molecular complexity index is 387. The third kappa shape index (κ3) is 1.77. The summed E-state index contributed by atoms with van der Waals surface area (Å²) in [7, 11) is 0. The minimum absolute atomic E-state index is 0.291. The number of nitrogens with zero attached hydrogens (tertiary/aromatic N) is 2. The number of hydrogen-bond acceptors (Lipinski definition) is 3. The Labute approximate surface area is 102 Å². The quantitative estimate of drug-likeness (QED) is 0.823. The predicted octanol–water partition coefficient (Wildman–Crippen LogP) is 3.22. The van der Waals surface area contributed by atoms with Crippen LogP contribution in [0.1, 0.15) is 27.7 Å². The van der Waals surface area contributed by atoms with Crippen LogP contribution in [0.4, 0.5) is 5.82 Å². The van der Waals surface area contributed by atoms with E-state index in [0.29, 0.717) is 22.0 Å². The molecule has 2 rings (SSSR count). The van der Waals surface area contributed by atoms with Crippen LogP contribution in [0.25, 0.3) is 0 Å². The number of anilines is 1. The molecule has 1 fully saturated rings. The van der Waals surface area contributed by atoms with E-state index in [1.54, 1.807) is 6.20 Å². The third-order valence-corrected chi connectivity index (χ3v) is 4.62. The molecular weight excluding hydrogens is 222 g/mol. The highest BCUT2D eigenvalue weighted by Gasteiger charge is 2.64. The molecule has 1 aromatic heterocycles. The van der Waals surface area contributed by atoms with Crippen LogP contribution in [0.2, 0.25) is 5.28 Å². The van der Waals surface area contributed by atoms with Crippen molar-refractivity contribution in [3.63, 3.8) is 0 Å². The number of aromatic nitrogens is 2. The lowest BCUT2D eigenvalue weighted by molar-refractivity contribution is 0.457. The molecule has 0 atom stereocenters. The Morgan fingerprint density at radius 3 is 2.44 bits per heavy atom. The Hall–Kier alpha value is -0.830. The van der Waals surface area contributed by atoms with Crippen LogP contribution < -0.4 is 5.32 Å². The molecule has 0 amide bonds. The van der Waals surface area contributed by atoms with Crippen LogP contribution in [0.15, 0.2) is 12.3 Å².